The summed E-state index contributed by atoms with van der Waals surface area (Å²) >= 11 is 0. The number of nitrogens with zero attached hydrogens (tertiary/aromatic N) is 5. The second-order valence-electron chi connectivity index (χ2n) is 7.59. The van der Waals surface area contributed by atoms with Gasteiger partial charge in [-0.05, 0) is 18.4 Å². The highest BCUT2D eigenvalue weighted by Gasteiger charge is 2.36. The Labute approximate surface area is 154 Å². The van der Waals surface area contributed by atoms with Gasteiger partial charge in [-0.2, -0.15) is 4.57 Å². The van der Waals surface area contributed by atoms with Crippen LogP contribution in [0.4, 0.5) is 9.18 Å². The highest BCUT2D eigenvalue weighted by molar-refractivity contribution is 5.87. The van der Waals surface area contributed by atoms with Crippen molar-refractivity contribution in [2.24, 2.45) is 13.0 Å². The summed E-state index contributed by atoms with van der Waals surface area (Å²) in [5, 5.41) is 0. The van der Waals surface area contributed by atoms with Crippen LogP contribution < -0.4 is 5.69 Å². The minimum absolute atomic E-state index is 0.194. The number of rotatable bonds is 2. The van der Waals surface area contributed by atoms with Gasteiger partial charge in [0.15, 0.2) is 5.65 Å². The molecule has 0 N–H and O–H groups in total. The van der Waals surface area contributed by atoms with E-state index in [1.165, 1.54) is 4.57 Å². The highest BCUT2D eigenvalue weighted by Crippen LogP contribution is 2.38. The van der Waals surface area contributed by atoms with E-state index in [0.717, 1.165) is 23.0 Å². The van der Waals surface area contributed by atoms with E-state index in [1.54, 1.807) is 30.3 Å². The lowest BCUT2D eigenvalue weighted by molar-refractivity contribution is 0.138. The predicted octanol–water partition coefficient (Wildman–Crippen LogP) is 2.13. The Morgan fingerprint density at radius 2 is 2.04 bits per heavy atom. The van der Waals surface area contributed by atoms with Crippen LogP contribution in [0.15, 0.2) is 34.8 Å². The molecule has 3 aliphatic rings. The van der Waals surface area contributed by atoms with Crippen LogP contribution in [0.2, 0.25) is 0 Å². The first-order chi connectivity index (χ1) is 13.0. The summed E-state index contributed by atoms with van der Waals surface area (Å²) in [6, 6.07) is -0.356. The number of hydrogen-bond acceptors (Lipinski definition) is 4. The monoisotopic (exact) mass is 369 g/mol. The second-order valence-corrected chi connectivity index (χ2v) is 7.59. The molecule has 1 saturated carbocycles. The van der Waals surface area contributed by atoms with Crippen LogP contribution in [0.1, 0.15) is 31.0 Å². The molecule has 1 aliphatic heterocycles. The molecule has 2 fully saturated rings. The third-order valence-electron chi connectivity index (χ3n) is 5.65. The average Bonchev–Trinajstić information content (AvgIpc) is 3.43. The maximum Gasteiger partial charge on any atom is 0.338 e. The molecular weight excluding hydrogens is 349 g/mol. The number of likely N-dealkylation sites (tertiary alicyclic amines) is 1. The second kappa shape index (κ2) is 5.87. The molecule has 8 heteroatoms. The molecule has 0 aromatic carbocycles. The van der Waals surface area contributed by atoms with E-state index in [0.29, 0.717) is 42.4 Å². The third kappa shape index (κ3) is 2.62. The molecule has 2 aromatic rings. The Balaban J connectivity index is 1.42. The van der Waals surface area contributed by atoms with Crippen LogP contribution in [-0.4, -0.2) is 49.3 Å². The summed E-state index contributed by atoms with van der Waals surface area (Å²) in [5.41, 5.74) is 1.60. The first-order valence-corrected chi connectivity index (χ1v) is 9.29. The predicted molar refractivity (Wildman–Crippen MR) is 97.3 cm³/mol. The van der Waals surface area contributed by atoms with Crippen LogP contribution in [0.3, 0.4) is 0 Å². The molecule has 140 valence electrons. The molecule has 0 radical (unpaired) electrons. The van der Waals surface area contributed by atoms with Gasteiger partial charge in [-0.15, -0.1) is 0 Å². The van der Waals surface area contributed by atoms with E-state index in [4.69, 9.17) is 0 Å². The van der Waals surface area contributed by atoms with Gasteiger partial charge in [-0.1, -0.05) is 18.2 Å². The minimum atomic E-state index is -0.916. The molecule has 0 spiro atoms. The van der Waals surface area contributed by atoms with Crippen molar-refractivity contribution in [3.8, 4) is 0 Å². The summed E-state index contributed by atoms with van der Waals surface area (Å²) in [7, 11) is 1.62. The average molecular weight is 369 g/mol. The normalized spacial score (nSPS) is 22.8. The topological polar surface area (TPSA) is 73.0 Å². The number of amides is 1. The number of alkyl halides is 1. The maximum atomic E-state index is 13.2. The molecule has 3 heterocycles. The maximum absolute atomic E-state index is 13.2. The quantitative estimate of drug-likeness (QED) is 0.813. The van der Waals surface area contributed by atoms with E-state index in [-0.39, 0.29) is 11.9 Å². The Kier molecular flexibility index (Phi) is 3.57. The number of carbonyl (C=O) groups is 1. The molecule has 1 unspecified atom stereocenters. The first kappa shape index (κ1) is 16.4. The van der Waals surface area contributed by atoms with Crippen molar-refractivity contribution >= 4 is 17.2 Å². The van der Waals surface area contributed by atoms with Crippen LogP contribution in [0, 0.1) is 5.92 Å². The van der Waals surface area contributed by atoms with Crippen molar-refractivity contribution in [2.45, 2.75) is 31.4 Å². The summed E-state index contributed by atoms with van der Waals surface area (Å²) in [5.74, 6) is 1.24. The van der Waals surface area contributed by atoms with E-state index < -0.39 is 11.9 Å². The Morgan fingerprint density at radius 1 is 1.26 bits per heavy atom. The smallest absolute Gasteiger partial charge is 0.323 e. The SMILES string of the molecule is Cn1c(=O)n(C(=O)N2CC(C3=CCC(F)C=C3)C2)c2nc(C3CC3)ncc21. The van der Waals surface area contributed by atoms with Crippen LogP contribution >= 0.6 is 0 Å². The van der Waals surface area contributed by atoms with Gasteiger partial charge < -0.3 is 4.90 Å². The Hall–Kier alpha value is -2.77. The number of halogens is 1. The zero-order chi connectivity index (χ0) is 18.7. The minimum Gasteiger partial charge on any atom is -0.323 e. The molecule has 2 aliphatic carbocycles. The van der Waals surface area contributed by atoms with Crippen molar-refractivity contribution < 1.29 is 9.18 Å². The molecule has 1 amide bonds. The highest BCUT2D eigenvalue weighted by atomic mass is 19.1. The van der Waals surface area contributed by atoms with E-state index in [2.05, 4.69) is 9.97 Å². The first-order valence-electron chi connectivity index (χ1n) is 9.29. The fourth-order valence-electron chi connectivity index (χ4n) is 3.74. The summed E-state index contributed by atoms with van der Waals surface area (Å²) in [4.78, 5) is 36.1. The summed E-state index contributed by atoms with van der Waals surface area (Å²) < 4.78 is 15.8. The standard InChI is InChI=1S/C19H20FN5O2/c1-23-15-8-21-16(12-2-3-12)22-17(15)25(18(23)26)19(27)24-9-13(10-24)11-4-6-14(20)7-5-11/h4-6,8,12-14H,2-3,7,9-10H2,1H3. The lowest BCUT2D eigenvalue weighted by Gasteiger charge is -2.40. The van der Waals surface area contributed by atoms with Gasteiger partial charge >= 0.3 is 11.7 Å². The number of fused-ring (bicyclic) bond motifs is 1. The van der Waals surface area contributed by atoms with Crippen LogP contribution in [0.25, 0.3) is 11.2 Å². The zero-order valence-corrected chi connectivity index (χ0v) is 15.0. The van der Waals surface area contributed by atoms with Gasteiger partial charge in [0, 0.05) is 38.4 Å². The number of imidazole rings is 1. The molecule has 1 atom stereocenters. The number of aromatic nitrogens is 4. The van der Waals surface area contributed by atoms with Gasteiger partial charge in [0.25, 0.3) is 0 Å². The fourth-order valence-corrected chi connectivity index (χ4v) is 3.74. The van der Waals surface area contributed by atoms with Gasteiger partial charge in [0.2, 0.25) is 0 Å². The van der Waals surface area contributed by atoms with Gasteiger partial charge in [0.05, 0.1) is 6.20 Å². The van der Waals surface area contributed by atoms with Gasteiger partial charge in [0.1, 0.15) is 17.5 Å². The molecule has 5 rings (SSSR count). The third-order valence-corrected chi connectivity index (χ3v) is 5.65. The fraction of sp³-hybridized carbons (Fsp3) is 0.474. The van der Waals surface area contributed by atoms with Crippen molar-refractivity contribution in [3.05, 3.63) is 46.3 Å². The number of carbonyl (C=O) groups excluding carboxylic acids is 1. The zero-order valence-electron chi connectivity index (χ0n) is 15.0. The van der Waals surface area contributed by atoms with Gasteiger partial charge in [-0.25, -0.2) is 23.9 Å². The lowest BCUT2D eigenvalue weighted by atomic mass is 9.88. The van der Waals surface area contributed by atoms with E-state index in [1.807, 2.05) is 6.08 Å². The number of aryl methyl sites for hydroxylation is 1. The molecule has 7 nitrogen and oxygen atoms in total. The molecule has 2 aromatic heterocycles. The van der Waals surface area contributed by atoms with Crippen LogP contribution in [-0.2, 0) is 7.05 Å². The van der Waals surface area contributed by atoms with Crippen LogP contribution in [0.5, 0.6) is 0 Å². The number of allylic oxidation sites excluding steroid dienone is 3. The lowest BCUT2D eigenvalue weighted by Crippen LogP contribution is -2.53. The van der Waals surface area contributed by atoms with Crippen molar-refractivity contribution in [2.75, 3.05) is 13.1 Å². The van der Waals surface area contributed by atoms with Crippen molar-refractivity contribution in [1.29, 1.82) is 0 Å². The summed E-state index contributed by atoms with van der Waals surface area (Å²) in [6.07, 6.45) is 8.47. The molecule has 1 saturated heterocycles. The van der Waals surface area contributed by atoms with Gasteiger partial charge in [-0.3, -0.25) is 4.57 Å². The largest absolute Gasteiger partial charge is 0.338 e. The van der Waals surface area contributed by atoms with Crippen molar-refractivity contribution in [3.63, 3.8) is 0 Å². The van der Waals surface area contributed by atoms with E-state index >= 15 is 0 Å². The molecular formula is C19H20FN5O2. The Bertz CT molecular complexity index is 1060. The molecule has 27 heavy (non-hydrogen) atoms. The Morgan fingerprint density at radius 3 is 2.70 bits per heavy atom. The summed E-state index contributed by atoms with van der Waals surface area (Å²) in [6.45, 7) is 1.05. The number of hydrogen-bond donors (Lipinski definition) is 0. The molecule has 0 bridgehead atoms. The van der Waals surface area contributed by atoms with Crippen molar-refractivity contribution in [1.82, 2.24) is 24.0 Å². The van der Waals surface area contributed by atoms with E-state index in [9.17, 15) is 14.0 Å².